The van der Waals surface area contributed by atoms with E-state index in [1.54, 1.807) is 23.9 Å². The van der Waals surface area contributed by atoms with E-state index in [9.17, 15) is 19.5 Å². The molecule has 2 fully saturated rings. The Labute approximate surface area is 230 Å². The predicted molar refractivity (Wildman–Crippen MR) is 145 cm³/mol. The van der Waals surface area contributed by atoms with E-state index in [4.69, 9.17) is 10.6 Å². The summed E-state index contributed by atoms with van der Waals surface area (Å²) in [5.74, 6) is -2.06. The number of aromatic nitrogens is 3. The number of aliphatic carboxylic acids is 1. The summed E-state index contributed by atoms with van der Waals surface area (Å²) in [4.78, 5) is 53.7. The molecule has 0 bridgehead atoms. The van der Waals surface area contributed by atoms with Crippen molar-refractivity contribution in [1.82, 2.24) is 24.6 Å². The molecule has 12 nitrogen and oxygen atoms in total. The number of oxime groups is 1. The van der Waals surface area contributed by atoms with Gasteiger partial charge >= 0.3 is 5.97 Å². The van der Waals surface area contributed by atoms with Crippen LogP contribution in [0.5, 0.6) is 0 Å². The van der Waals surface area contributed by atoms with E-state index >= 15 is 0 Å². The number of anilines is 1. The first-order valence-corrected chi connectivity index (χ1v) is 14.4. The van der Waals surface area contributed by atoms with Crippen molar-refractivity contribution < 1.29 is 24.3 Å². The van der Waals surface area contributed by atoms with E-state index in [1.807, 2.05) is 12.1 Å². The number of carbonyl (C=O) groups excluding carboxylic acids is 2. The number of carbonyl (C=O) groups is 3. The third kappa shape index (κ3) is 5.54. The van der Waals surface area contributed by atoms with Crippen LogP contribution in [0.4, 0.5) is 5.13 Å². The maximum Gasteiger partial charge on any atom is 0.353 e. The van der Waals surface area contributed by atoms with Crippen LogP contribution in [0.3, 0.4) is 0 Å². The fourth-order valence-corrected chi connectivity index (χ4v) is 6.99. The van der Waals surface area contributed by atoms with Crippen molar-refractivity contribution in [3.8, 4) is 0 Å². The van der Waals surface area contributed by atoms with Crippen LogP contribution >= 0.6 is 35.1 Å². The lowest BCUT2D eigenvalue weighted by Gasteiger charge is -2.49. The number of carboxylic acid groups (broad SMARTS) is 1. The normalized spacial score (nSPS) is 21.9. The lowest BCUT2D eigenvalue weighted by Crippen LogP contribution is -2.71. The van der Waals surface area contributed by atoms with Gasteiger partial charge in [-0.3, -0.25) is 19.5 Å². The van der Waals surface area contributed by atoms with Gasteiger partial charge in [0.25, 0.3) is 11.8 Å². The van der Waals surface area contributed by atoms with Crippen LogP contribution in [-0.4, -0.2) is 71.1 Å². The van der Waals surface area contributed by atoms with Crippen molar-refractivity contribution in [3.63, 3.8) is 0 Å². The molecule has 15 heteroatoms. The molecule has 2 atom stereocenters. The van der Waals surface area contributed by atoms with Crippen molar-refractivity contribution in [2.45, 2.75) is 43.2 Å². The smallest absolute Gasteiger partial charge is 0.353 e. The van der Waals surface area contributed by atoms with Crippen molar-refractivity contribution in [1.29, 1.82) is 0 Å². The molecule has 0 aromatic carbocycles. The van der Waals surface area contributed by atoms with Crippen LogP contribution in [0.1, 0.15) is 37.1 Å². The van der Waals surface area contributed by atoms with Crippen LogP contribution in [0.25, 0.3) is 6.08 Å². The molecular weight excluding hydrogens is 550 g/mol. The number of thioether (sulfide) groups is 2. The number of carboxylic acids is 1. The summed E-state index contributed by atoms with van der Waals surface area (Å²) in [6.45, 7) is 0. The predicted octanol–water partition coefficient (Wildman–Crippen LogP) is 2.28. The van der Waals surface area contributed by atoms with E-state index in [1.165, 1.54) is 28.4 Å². The molecule has 38 heavy (non-hydrogen) atoms. The maximum absolute atomic E-state index is 13.2. The zero-order valence-corrected chi connectivity index (χ0v) is 22.3. The minimum Gasteiger partial charge on any atom is -0.477 e. The Balaban J connectivity index is 1.30. The highest BCUT2D eigenvalue weighted by Crippen LogP contribution is 2.43. The highest BCUT2D eigenvalue weighted by Gasteiger charge is 2.54. The number of fused-ring (bicyclic) bond motifs is 1. The molecule has 5 rings (SSSR count). The Hall–Kier alpha value is -3.43. The number of pyridine rings is 1. The van der Waals surface area contributed by atoms with Crippen molar-refractivity contribution in [3.05, 3.63) is 51.9 Å². The van der Waals surface area contributed by atoms with Crippen LogP contribution in [0, 0.1) is 0 Å². The summed E-state index contributed by atoms with van der Waals surface area (Å²) in [6, 6.07) is 2.74. The molecule has 4 N–H and O–H groups in total. The van der Waals surface area contributed by atoms with Gasteiger partial charge in [-0.05, 0) is 48.8 Å². The van der Waals surface area contributed by atoms with Gasteiger partial charge in [-0.25, -0.2) is 4.79 Å². The van der Waals surface area contributed by atoms with E-state index in [0.29, 0.717) is 10.7 Å². The number of hydrogen-bond acceptors (Lipinski definition) is 12. The van der Waals surface area contributed by atoms with Crippen molar-refractivity contribution >= 4 is 69.8 Å². The molecular formula is C23H23N7O5S3. The monoisotopic (exact) mass is 573 g/mol. The summed E-state index contributed by atoms with van der Waals surface area (Å²) in [5, 5.41) is 17.9. The molecule has 3 aliphatic rings. The van der Waals surface area contributed by atoms with Crippen molar-refractivity contribution in [2.75, 3.05) is 11.5 Å². The van der Waals surface area contributed by atoms with Gasteiger partial charge in [0.05, 0.1) is 0 Å². The highest BCUT2D eigenvalue weighted by molar-refractivity contribution is 8.08. The molecule has 2 aliphatic heterocycles. The third-order valence-electron chi connectivity index (χ3n) is 6.04. The first kappa shape index (κ1) is 26.2. The van der Waals surface area contributed by atoms with Gasteiger partial charge in [-0.15, -0.1) is 11.8 Å². The number of nitrogens with zero attached hydrogens (tertiary/aromatic N) is 5. The second-order valence-corrected chi connectivity index (χ2v) is 11.4. The summed E-state index contributed by atoms with van der Waals surface area (Å²) >= 11 is 3.52. The fraction of sp³-hybridized carbons (Fsp3) is 0.348. The number of nitrogen functional groups attached to an aromatic ring is 1. The second-order valence-electron chi connectivity index (χ2n) is 8.55. The zero-order chi connectivity index (χ0) is 26.6. The number of hydrogen-bond donors (Lipinski definition) is 3. The van der Waals surface area contributed by atoms with Crippen LogP contribution in [0.15, 0.2) is 45.7 Å². The molecule has 1 unspecified atom stereocenters. The van der Waals surface area contributed by atoms with Crippen molar-refractivity contribution in [2.24, 2.45) is 5.16 Å². The Bertz CT molecular complexity index is 1320. The molecule has 2 aromatic heterocycles. The first-order valence-electron chi connectivity index (χ1n) is 11.7. The number of nitrogens with two attached hydrogens (primary N) is 1. The van der Waals surface area contributed by atoms with Gasteiger partial charge in [0.1, 0.15) is 23.2 Å². The molecule has 1 aliphatic carbocycles. The van der Waals surface area contributed by atoms with Crippen LogP contribution in [-0.2, 0) is 19.2 Å². The summed E-state index contributed by atoms with van der Waals surface area (Å²) < 4.78 is 4.06. The number of rotatable bonds is 9. The second kappa shape index (κ2) is 11.5. The quantitative estimate of drug-likeness (QED) is 0.228. The lowest BCUT2D eigenvalue weighted by molar-refractivity contribution is -0.150. The van der Waals surface area contributed by atoms with Crippen LogP contribution < -0.4 is 11.1 Å². The van der Waals surface area contributed by atoms with E-state index in [2.05, 4.69) is 24.8 Å². The standard InChI is InChI=1S/C23H23N7O5S3/c24-23-27-18(29-38-23)15(28-35-13-5-1-2-6-13)19(31)26-16-20(32)30-17(22(33)34)14(11-37-21(16)30)36-9-7-12-4-3-8-25-10-12/h3-4,7-10,13,16,21H,1-2,5-6,11H2,(H,26,31)(H,33,34)(H2,24,27,29)/b9-7-,28-15?/t16?,21-/m0/s1. The van der Waals surface area contributed by atoms with Crippen LogP contribution in [0.2, 0.25) is 0 Å². The van der Waals surface area contributed by atoms with E-state index in [0.717, 1.165) is 42.8 Å². The molecule has 2 amide bonds. The Morgan fingerprint density at radius 1 is 1.34 bits per heavy atom. The average molecular weight is 574 g/mol. The van der Waals surface area contributed by atoms with E-state index in [-0.39, 0.29) is 28.5 Å². The number of nitrogens with one attached hydrogen (secondary N) is 1. The largest absolute Gasteiger partial charge is 0.477 e. The molecule has 4 heterocycles. The van der Waals surface area contributed by atoms with Gasteiger partial charge < -0.3 is 21.0 Å². The first-order chi connectivity index (χ1) is 18.4. The Morgan fingerprint density at radius 2 is 2.16 bits per heavy atom. The lowest BCUT2D eigenvalue weighted by atomic mass is 10.0. The summed E-state index contributed by atoms with van der Waals surface area (Å²) in [6.07, 6.45) is 8.78. The minimum absolute atomic E-state index is 0.00753. The van der Waals surface area contributed by atoms with E-state index < -0.39 is 29.2 Å². The molecule has 0 spiro atoms. The Morgan fingerprint density at radius 3 is 2.84 bits per heavy atom. The van der Waals surface area contributed by atoms with Gasteiger partial charge in [0.2, 0.25) is 11.5 Å². The molecule has 0 radical (unpaired) electrons. The average Bonchev–Trinajstić information content (AvgIpc) is 3.59. The fourth-order valence-electron chi connectivity index (χ4n) is 4.20. The summed E-state index contributed by atoms with van der Waals surface area (Å²) in [7, 11) is 0. The minimum atomic E-state index is -1.21. The summed E-state index contributed by atoms with van der Waals surface area (Å²) in [5.41, 5.74) is 6.29. The molecule has 1 saturated carbocycles. The number of β-lactam (4-membered cyclic amide) rings is 1. The number of amides is 2. The van der Waals surface area contributed by atoms with Gasteiger partial charge in [-0.2, -0.15) is 9.36 Å². The highest BCUT2D eigenvalue weighted by atomic mass is 32.2. The topological polar surface area (TPSA) is 173 Å². The zero-order valence-electron chi connectivity index (χ0n) is 19.9. The van der Waals surface area contributed by atoms with Gasteiger partial charge in [-0.1, -0.05) is 23.0 Å². The van der Waals surface area contributed by atoms with Gasteiger partial charge in [0, 0.05) is 34.6 Å². The Kier molecular flexibility index (Phi) is 7.95. The molecule has 198 valence electrons. The van der Waals surface area contributed by atoms with Gasteiger partial charge in [0.15, 0.2) is 5.13 Å². The molecule has 2 aromatic rings. The SMILES string of the molecule is Nc1nc(C(=NOC2CCCC2)C(=O)NC2C(=O)N3C(C(=O)O)=C(S/C=C\c4cccnc4)CS[C@@H]23)ns1. The molecule has 1 saturated heterocycles. The third-order valence-corrected chi connectivity index (χ3v) is 8.94. The maximum atomic E-state index is 13.2.